The summed E-state index contributed by atoms with van der Waals surface area (Å²) in [6.07, 6.45) is 0.179. The highest BCUT2D eigenvalue weighted by Crippen LogP contribution is 2.25. The number of nitrogens with zero attached hydrogens (tertiary/aromatic N) is 2. The molecule has 0 radical (unpaired) electrons. The first-order chi connectivity index (χ1) is 8.63. The van der Waals surface area contributed by atoms with Crippen molar-refractivity contribution in [3.8, 4) is 6.07 Å². The number of anilines is 1. The fraction of sp³-hybridized carbons (Fsp3) is 0.385. The molecular formula is C13H14ClN3O. The number of piperazine rings is 1. The Hall–Kier alpha value is -1.73. The summed E-state index contributed by atoms with van der Waals surface area (Å²) < 4.78 is 0. The van der Waals surface area contributed by atoms with Crippen molar-refractivity contribution < 1.29 is 4.79 Å². The molecule has 18 heavy (non-hydrogen) atoms. The highest BCUT2D eigenvalue weighted by Gasteiger charge is 2.33. The second-order valence-corrected chi connectivity index (χ2v) is 4.79. The minimum Gasteiger partial charge on any atom is -0.354 e. The first kappa shape index (κ1) is 12.7. The van der Waals surface area contributed by atoms with Crippen LogP contribution in [0.1, 0.15) is 13.3 Å². The topological polar surface area (TPSA) is 56.1 Å². The highest BCUT2D eigenvalue weighted by molar-refractivity contribution is 6.30. The molecule has 94 valence electrons. The van der Waals surface area contributed by atoms with Gasteiger partial charge in [0.1, 0.15) is 6.04 Å². The molecular weight excluding hydrogens is 250 g/mol. The van der Waals surface area contributed by atoms with Crippen molar-refractivity contribution in [1.82, 2.24) is 5.32 Å². The van der Waals surface area contributed by atoms with Crippen LogP contribution in [0.2, 0.25) is 5.02 Å². The molecule has 0 spiro atoms. The zero-order chi connectivity index (χ0) is 13.1. The number of hydrogen-bond donors (Lipinski definition) is 1. The van der Waals surface area contributed by atoms with Gasteiger partial charge in [-0.05, 0) is 31.2 Å². The molecule has 0 bridgehead atoms. The fourth-order valence-corrected chi connectivity index (χ4v) is 2.35. The van der Waals surface area contributed by atoms with Crippen LogP contribution in [0.3, 0.4) is 0 Å². The smallest absolute Gasteiger partial charge is 0.243 e. The van der Waals surface area contributed by atoms with Crippen LogP contribution in [0.15, 0.2) is 24.3 Å². The van der Waals surface area contributed by atoms with E-state index in [1.54, 1.807) is 12.1 Å². The molecule has 1 amide bonds. The summed E-state index contributed by atoms with van der Waals surface area (Å²) in [5, 5.41) is 12.3. The van der Waals surface area contributed by atoms with E-state index in [9.17, 15) is 4.79 Å². The Morgan fingerprint density at radius 1 is 1.50 bits per heavy atom. The van der Waals surface area contributed by atoms with E-state index in [1.165, 1.54) is 0 Å². The van der Waals surface area contributed by atoms with Crippen molar-refractivity contribution in [3.05, 3.63) is 29.3 Å². The van der Waals surface area contributed by atoms with Gasteiger partial charge in [-0.2, -0.15) is 5.26 Å². The number of amides is 1. The molecule has 0 aromatic heterocycles. The molecule has 1 fully saturated rings. The molecule has 1 N–H and O–H groups in total. The van der Waals surface area contributed by atoms with Gasteiger partial charge in [-0.1, -0.05) is 11.6 Å². The third-order valence-corrected chi connectivity index (χ3v) is 3.35. The normalized spacial score (nSPS) is 23.4. The number of carbonyl (C=O) groups is 1. The molecule has 1 aromatic rings. The maximum absolute atomic E-state index is 11.9. The van der Waals surface area contributed by atoms with Gasteiger partial charge in [-0.3, -0.25) is 4.79 Å². The number of carbonyl (C=O) groups excluding carboxylic acids is 1. The van der Waals surface area contributed by atoms with Gasteiger partial charge in [0.2, 0.25) is 5.91 Å². The maximum Gasteiger partial charge on any atom is 0.243 e. The Bertz CT molecular complexity index is 480. The van der Waals surface area contributed by atoms with Gasteiger partial charge in [0.05, 0.1) is 12.5 Å². The quantitative estimate of drug-likeness (QED) is 0.887. The Morgan fingerprint density at radius 3 is 2.78 bits per heavy atom. The first-order valence-corrected chi connectivity index (χ1v) is 6.20. The molecule has 1 heterocycles. The number of hydrogen-bond acceptors (Lipinski definition) is 3. The van der Waals surface area contributed by atoms with E-state index in [2.05, 4.69) is 11.4 Å². The lowest BCUT2D eigenvalue weighted by Crippen LogP contribution is -2.59. The predicted octanol–water partition coefficient (Wildman–Crippen LogP) is 1.95. The van der Waals surface area contributed by atoms with Crippen molar-refractivity contribution in [1.29, 1.82) is 5.26 Å². The Morgan fingerprint density at radius 2 is 2.17 bits per heavy atom. The van der Waals surface area contributed by atoms with Gasteiger partial charge in [-0.25, -0.2) is 0 Å². The van der Waals surface area contributed by atoms with Crippen molar-refractivity contribution >= 4 is 23.2 Å². The Balaban J connectivity index is 2.33. The van der Waals surface area contributed by atoms with Crippen LogP contribution < -0.4 is 10.2 Å². The second-order valence-electron chi connectivity index (χ2n) is 4.36. The molecule has 5 heteroatoms. The molecule has 1 aliphatic rings. The van der Waals surface area contributed by atoms with Gasteiger partial charge < -0.3 is 10.2 Å². The number of benzene rings is 1. The number of nitriles is 1. The van der Waals surface area contributed by atoms with Crippen molar-refractivity contribution in [2.24, 2.45) is 0 Å². The monoisotopic (exact) mass is 263 g/mol. The van der Waals surface area contributed by atoms with E-state index in [4.69, 9.17) is 16.9 Å². The van der Waals surface area contributed by atoms with E-state index in [0.717, 1.165) is 5.69 Å². The average molecular weight is 264 g/mol. The zero-order valence-corrected chi connectivity index (χ0v) is 10.8. The summed E-state index contributed by atoms with van der Waals surface area (Å²) in [5.74, 6) is -0.0930. The summed E-state index contributed by atoms with van der Waals surface area (Å²) >= 11 is 5.86. The van der Waals surface area contributed by atoms with Gasteiger partial charge in [0, 0.05) is 23.3 Å². The molecule has 0 saturated carbocycles. The van der Waals surface area contributed by atoms with Crippen LogP contribution in [-0.2, 0) is 4.79 Å². The van der Waals surface area contributed by atoms with Crippen molar-refractivity contribution in [2.75, 3.05) is 11.4 Å². The van der Waals surface area contributed by atoms with Crippen LogP contribution in [-0.4, -0.2) is 24.5 Å². The van der Waals surface area contributed by atoms with Gasteiger partial charge in [-0.15, -0.1) is 0 Å². The van der Waals surface area contributed by atoms with Gasteiger partial charge >= 0.3 is 0 Å². The molecule has 1 aliphatic heterocycles. The van der Waals surface area contributed by atoms with Crippen LogP contribution in [0, 0.1) is 11.3 Å². The average Bonchev–Trinajstić information content (AvgIpc) is 2.36. The lowest BCUT2D eigenvalue weighted by molar-refractivity contribution is -0.123. The Kier molecular flexibility index (Phi) is 3.73. The van der Waals surface area contributed by atoms with Crippen LogP contribution in [0.4, 0.5) is 5.69 Å². The standard InChI is InChI=1S/C13H14ClN3O/c1-9-8-16-13(18)12(6-7-15)17(9)11-4-2-10(14)3-5-11/h2-5,9,12H,6,8H2,1H3,(H,16,18). The van der Waals surface area contributed by atoms with E-state index < -0.39 is 6.04 Å². The lowest BCUT2D eigenvalue weighted by Gasteiger charge is -2.40. The SMILES string of the molecule is CC1CNC(=O)C(CC#N)N1c1ccc(Cl)cc1. The van der Waals surface area contributed by atoms with Crippen LogP contribution >= 0.6 is 11.6 Å². The molecule has 2 atom stereocenters. The van der Waals surface area contributed by atoms with Crippen molar-refractivity contribution in [3.63, 3.8) is 0 Å². The third-order valence-electron chi connectivity index (χ3n) is 3.09. The predicted molar refractivity (Wildman–Crippen MR) is 70.4 cm³/mol. The first-order valence-electron chi connectivity index (χ1n) is 5.82. The number of rotatable bonds is 2. The second kappa shape index (κ2) is 5.28. The minimum atomic E-state index is -0.431. The number of nitrogens with one attached hydrogen (secondary N) is 1. The highest BCUT2D eigenvalue weighted by atomic mass is 35.5. The summed E-state index contributed by atoms with van der Waals surface area (Å²) in [6.45, 7) is 2.61. The van der Waals surface area contributed by atoms with Crippen molar-refractivity contribution in [2.45, 2.75) is 25.4 Å². The molecule has 2 unspecified atom stereocenters. The van der Waals surface area contributed by atoms with Crippen LogP contribution in [0.25, 0.3) is 0 Å². The van der Waals surface area contributed by atoms with E-state index in [1.807, 2.05) is 24.0 Å². The third kappa shape index (κ3) is 2.41. The molecule has 1 saturated heterocycles. The largest absolute Gasteiger partial charge is 0.354 e. The molecule has 1 aromatic carbocycles. The summed E-state index contributed by atoms with van der Waals surface area (Å²) in [4.78, 5) is 13.8. The molecule has 2 rings (SSSR count). The van der Waals surface area contributed by atoms with Crippen LogP contribution in [0.5, 0.6) is 0 Å². The fourth-order valence-electron chi connectivity index (χ4n) is 2.22. The molecule has 0 aliphatic carbocycles. The van der Waals surface area contributed by atoms with E-state index in [-0.39, 0.29) is 18.4 Å². The Labute approximate surface area is 111 Å². The maximum atomic E-state index is 11.9. The summed E-state index contributed by atoms with van der Waals surface area (Å²) in [7, 11) is 0. The van der Waals surface area contributed by atoms with Gasteiger partial charge in [0.25, 0.3) is 0 Å². The number of halogens is 1. The summed E-state index contributed by atoms with van der Waals surface area (Å²) in [6, 6.07) is 9.13. The van der Waals surface area contributed by atoms with E-state index >= 15 is 0 Å². The zero-order valence-electron chi connectivity index (χ0n) is 10.1. The minimum absolute atomic E-state index is 0.0930. The van der Waals surface area contributed by atoms with Gasteiger partial charge in [0.15, 0.2) is 0 Å². The lowest BCUT2D eigenvalue weighted by atomic mass is 10.0. The van der Waals surface area contributed by atoms with E-state index in [0.29, 0.717) is 11.6 Å². The molecule has 4 nitrogen and oxygen atoms in total. The summed E-state index contributed by atoms with van der Waals surface area (Å²) in [5.41, 5.74) is 0.919.